The molecular formula is C31H41N7O3. The summed E-state index contributed by atoms with van der Waals surface area (Å²) in [4.78, 5) is 24.8. The number of pyridine rings is 2. The molecule has 0 amide bonds. The van der Waals surface area contributed by atoms with Crippen LogP contribution in [-0.4, -0.2) is 95.9 Å². The number of likely N-dealkylation sites (N-methyl/N-ethyl adjacent to an activating group) is 1. The average molecular weight is 560 g/mol. The number of carbonyl (C=O) groups excluding carboxylic acids is 1. The van der Waals surface area contributed by atoms with Crippen LogP contribution in [0.25, 0.3) is 16.6 Å². The highest BCUT2D eigenvalue weighted by molar-refractivity contribution is 5.85. The van der Waals surface area contributed by atoms with E-state index < -0.39 is 0 Å². The van der Waals surface area contributed by atoms with Crippen molar-refractivity contribution in [1.82, 2.24) is 24.4 Å². The van der Waals surface area contributed by atoms with Crippen LogP contribution in [0.15, 0.2) is 36.8 Å². The molecule has 5 heterocycles. The molecule has 41 heavy (non-hydrogen) atoms. The summed E-state index contributed by atoms with van der Waals surface area (Å²) in [5, 5.41) is 14.0. The summed E-state index contributed by atoms with van der Waals surface area (Å²) >= 11 is 0. The van der Waals surface area contributed by atoms with Gasteiger partial charge in [-0.1, -0.05) is 6.92 Å². The summed E-state index contributed by atoms with van der Waals surface area (Å²) in [5.74, 6) is 1.52. The zero-order chi connectivity index (χ0) is 28.8. The van der Waals surface area contributed by atoms with Crippen LogP contribution in [-0.2, 0) is 9.53 Å². The van der Waals surface area contributed by atoms with Crippen molar-refractivity contribution in [3.63, 3.8) is 0 Å². The second kappa shape index (κ2) is 12.9. The van der Waals surface area contributed by atoms with Gasteiger partial charge < -0.3 is 24.2 Å². The minimum atomic E-state index is -0.0900. The Balaban J connectivity index is 1.31. The highest BCUT2D eigenvalue weighted by Crippen LogP contribution is 2.38. The minimum Gasteiger partial charge on any atom is -0.492 e. The van der Waals surface area contributed by atoms with Gasteiger partial charge in [0.05, 0.1) is 43.1 Å². The van der Waals surface area contributed by atoms with Crippen LogP contribution in [0.3, 0.4) is 0 Å². The van der Waals surface area contributed by atoms with Crippen LogP contribution in [0.4, 0.5) is 5.82 Å². The number of piperidine rings is 1. The van der Waals surface area contributed by atoms with Gasteiger partial charge in [-0.3, -0.25) is 4.79 Å². The number of carbonyl (C=O) groups is 1. The van der Waals surface area contributed by atoms with Gasteiger partial charge in [-0.25, -0.2) is 9.50 Å². The molecule has 0 radical (unpaired) electrons. The van der Waals surface area contributed by atoms with E-state index >= 15 is 0 Å². The van der Waals surface area contributed by atoms with E-state index in [1.54, 1.807) is 16.9 Å². The summed E-state index contributed by atoms with van der Waals surface area (Å²) in [6.07, 6.45) is 7.54. The summed E-state index contributed by atoms with van der Waals surface area (Å²) < 4.78 is 12.8. The van der Waals surface area contributed by atoms with Crippen molar-refractivity contribution in [1.29, 1.82) is 5.26 Å². The third-order valence-corrected chi connectivity index (χ3v) is 8.52. The predicted molar refractivity (Wildman–Crippen MR) is 158 cm³/mol. The molecule has 0 spiro atoms. The monoisotopic (exact) mass is 559 g/mol. The standard InChI is InChI=1S/C31H41N7O3/c1-4-35-13-15-36(16-14-35)23-31(18-29(39)41-6-3)9-11-37(12-10-31)28-8-7-24(20-33-28)27-17-26(40-5-2)22-38-30(27)25(19-32)21-34-38/h7-8,17,20-22H,4-6,9-16,18,23H2,1-3H3. The van der Waals surface area contributed by atoms with Gasteiger partial charge >= 0.3 is 5.97 Å². The molecule has 0 bridgehead atoms. The lowest BCUT2D eigenvalue weighted by atomic mass is 9.75. The van der Waals surface area contributed by atoms with Crippen molar-refractivity contribution < 1.29 is 14.3 Å². The van der Waals surface area contributed by atoms with E-state index in [0.717, 1.165) is 87.7 Å². The maximum Gasteiger partial charge on any atom is 0.306 e. The number of aromatic nitrogens is 3. The molecule has 2 aliphatic rings. The molecule has 0 aromatic carbocycles. The number of anilines is 1. The Morgan fingerprint density at radius 3 is 2.41 bits per heavy atom. The molecule has 5 rings (SSSR count). The lowest BCUT2D eigenvalue weighted by Crippen LogP contribution is -2.52. The highest BCUT2D eigenvalue weighted by Gasteiger charge is 2.39. The third kappa shape index (κ3) is 6.47. The van der Waals surface area contributed by atoms with Crippen LogP contribution in [0.5, 0.6) is 5.75 Å². The number of nitriles is 1. The van der Waals surface area contributed by atoms with Gasteiger partial charge in [0.15, 0.2) is 0 Å². The number of nitrogens with zero attached hydrogens (tertiary/aromatic N) is 7. The summed E-state index contributed by atoms with van der Waals surface area (Å²) in [7, 11) is 0. The number of ether oxygens (including phenoxy) is 2. The molecule has 0 atom stereocenters. The van der Waals surface area contributed by atoms with Gasteiger partial charge in [-0.05, 0) is 56.8 Å². The van der Waals surface area contributed by atoms with Crippen molar-refractivity contribution in [2.75, 3.05) is 70.5 Å². The highest BCUT2D eigenvalue weighted by atomic mass is 16.5. The molecule has 3 aromatic heterocycles. The van der Waals surface area contributed by atoms with Crippen molar-refractivity contribution in [2.24, 2.45) is 5.41 Å². The molecule has 2 aliphatic heterocycles. The largest absolute Gasteiger partial charge is 0.492 e. The normalized spacial score (nSPS) is 17.9. The molecular weight excluding hydrogens is 518 g/mol. The van der Waals surface area contributed by atoms with Crippen LogP contribution in [0.2, 0.25) is 0 Å². The lowest BCUT2D eigenvalue weighted by Gasteiger charge is -2.46. The average Bonchev–Trinajstić information content (AvgIpc) is 3.41. The van der Waals surface area contributed by atoms with Gasteiger partial charge in [0.2, 0.25) is 0 Å². The number of rotatable bonds is 10. The second-order valence-electron chi connectivity index (χ2n) is 11.1. The fourth-order valence-corrected chi connectivity index (χ4v) is 6.23. The second-order valence-corrected chi connectivity index (χ2v) is 11.1. The topological polar surface area (TPSA) is 99.2 Å². The van der Waals surface area contributed by atoms with E-state index in [1.165, 1.54) is 0 Å². The van der Waals surface area contributed by atoms with Crippen LogP contribution < -0.4 is 9.64 Å². The summed E-state index contributed by atoms with van der Waals surface area (Å²) in [5.41, 5.74) is 2.93. The fraction of sp³-hybridized carbons (Fsp3) is 0.548. The van der Waals surface area contributed by atoms with E-state index in [2.05, 4.69) is 38.9 Å². The first-order valence-electron chi connectivity index (χ1n) is 14.8. The van der Waals surface area contributed by atoms with Gasteiger partial charge in [-0.15, -0.1) is 0 Å². The number of hydrogen-bond donors (Lipinski definition) is 0. The Morgan fingerprint density at radius 1 is 1.02 bits per heavy atom. The molecule has 0 unspecified atom stereocenters. The Bertz CT molecular complexity index is 1360. The van der Waals surface area contributed by atoms with E-state index in [1.807, 2.05) is 32.2 Å². The first-order chi connectivity index (χ1) is 20.0. The molecule has 10 heteroatoms. The first kappa shape index (κ1) is 28.8. The van der Waals surface area contributed by atoms with Gasteiger partial charge in [0.1, 0.15) is 17.6 Å². The van der Waals surface area contributed by atoms with E-state index in [4.69, 9.17) is 14.5 Å². The molecule has 2 saturated heterocycles. The first-order valence-corrected chi connectivity index (χ1v) is 14.8. The molecule has 10 nitrogen and oxygen atoms in total. The number of piperazine rings is 1. The van der Waals surface area contributed by atoms with Gasteiger partial charge in [0.25, 0.3) is 0 Å². The Morgan fingerprint density at radius 2 is 1.78 bits per heavy atom. The van der Waals surface area contributed by atoms with E-state index in [-0.39, 0.29) is 11.4 Å². The van der Waals surface area contributed by atoms with Crippen molar-refractivity contribution in [3.8, 4) is 22.9 Å². The molecule has 3 aromatic rings. The summed E-state index contributed by atoms with van der Waals surface area (Å²) in [6.45, 7) is 15.0. The maximum absolute atomic E-state index is 12.7. The van der Waals surface area contributed by atoms with Crippen molar-refractivity contribution >= 4 is 17.3 Å². The van der Waals surface area contributed by atoms with Crippen LogP contribution in [0.1, 0.15) is 45.6 Å². The van der Waals surface area contributed by atoms with Crippen molar-refractivity contribution in [2.45, 2.75) is 40.0 Å². The Hall–Kier alpha value is -3.68. The molecule has 0 N–H and O–H groups in total. The number of hydrogen-bond acceptors (Lipinski definition) is 9. The maximum atomic E-state index is 12.7. The van der Waals surface area contributed by atoms with Crippen LogP contribution in [0, 0.1) is 16.7 Å². The molecule has 0 saturated carbocycles. The van der Waals surface area contributed by atoms with Crippen molar-refractivity contribution in [3.05, 3.63) is 42.4 Å². The molecule has 0 aliphatic carbocycles. The smallest absolute Gasteiger partial charge is 0.306 e. The summed E-state index contributed by atoms with van der Waals surface area (Å²) in [6, 6.07) is 8.29. The van der Waals surface area contributed by atoms with E-state index in [0.29, 0.717) is 30.9 Å². The molecule has 218 valence electrons. The lowest BCUT2D eigenvalue weighted by molar-refractivity contribution is -0.146. The van der Waals surface area contributed by atoms with Crippen LogP contribution >= 0.6 is 0 Å². The quantitative estimate of drug-likeness (QED) is 0.343. The van der Waals surface area contributed by atoms with E-state index in [9.17, 15) is 10.1 Å². The molecule has 2 fully saturated rings. The minimum absolute atomic E-state index is 0.0852. The van der Waals surface area contributed by atoms with Gasteiger partial charge in [-0.2, -0.15) is 10.4 Å². The SMILES string of the molecule is CCOC(=O)CC1(CN2CCN(CC)CC2)CCN(c2ccc(-c3cc(OCC)cn4ncc(C#N)c34)cn2)CC1. The predicted octanol–water partition coefficient (Wildman–Crippen LogP) is 3.84. The number of fused-ring (bicyclic) bond motifs is 1. The Kier molecular flexibility index (Phi) is 9.06. The van der Waals surface area contributed by atoms with Gasteiger partial charge in [0, 0.05) is 63.1 Å². The zero-order valence-corrected chi connectivity index (χ0v) is 24.5. The zero-order valence-electron chi connectivity index (χ0n) is 24.5. The number of esters is 1. The Labute approximate surface area is 242 Å². The third-order valence-electron chi connectivity index (χ3n) is 8.52. The fourth-order valence-electron chi connectivity index (χ4n) is 6.23.